The monoisotopic (exact) mass is 1550 g/mol. The molecule has 96 heavy (non-hydrogen) atoms. The number of carbonyl (C=O) groups excluding carboxylic acids is 2. The normalized spacial score (nSPS) is 8.82. The molecule has 20 nitrogen and oxygen atoms in total. The fourth-order valence-electron chi connectivity index (χ4n) is 6.93. The van der Waals surface area contributed by atoms with E-state index >= 15 is 0 Å². The van der Waals surface area contributed by atoms with Gasteiger partial charge in [-0.05, 0) is 37.9 Å². The third-order valence-electron chi connectivity index (χ3n) is 10.6. The number of carbonyl (C=O) groups is 2. The minimum atomic E-state index is -0.0139. The van der Waals surface area contributed by atoms with E-state index in [0.29, 0.717) is 72.9 Å². The first-order chi connectivity index (χ1) is 46.3. The van der Waals surface area contributed by atoms with Crippen molar-refractivity contribution in [3.63, 3.8) is 0 Å². The van der Waals surface area contributed by atoms with Crippen molar-refractivity contribution >= 4 is 155 Å². The van der Waals surface area contributed by atoms with Gasteiger partial charge in [-0.3, -0.25) is 9.59 Å². The maximum atomic E-state index is 11.0. The number of alkyl halides is 1. The molecular formula is C69H75BBr3Cl2N14O6S. The topological polar surface area (TPSA) is 332 Å². The van der Waals surface area contributed by atoms with Crippen LogP contribution in [0, 0.1) is 29.2 Å². The summed E-state index contributed by atoms with van der Waals surface area (Å²) in [5.74, 6) is 3.95. The molecule has 0 aliphatic carbocycles. The van der Waals surface area contributed by atoms with Crippen LogP contribution in [-0.2, 0) is 4.79 Å². The molecule has 1 amide bonds. The summed E-state index contributed by atoms with van der Waals surface area (Å²) in [6.07, 6.45) is 4.42. The van der Waals surface area contributed by atoms with Crippen LogP contribution in [-0.4, -0.2) is 61.6 Å². The largest absolute Gasteiger partial charge is 0.301 e. The fourth-order valence-corrected chi connectivity index (χ4v) is 8.94. The van der Waals surface area contributed by atoms with Crippen LogP contribution in [0.4, 0.5) is 17.5 Å². The number of ketones is 1. The molecule has 1 radical (unpaired) electrons. The number of fused-ring (bicyclic) bond motifs is 3. The average molecular weight is 1550 g/mol. The number of primary amides is 1. The van der Waals surface area contributed by atoms with Gasteiger partial charge in [0.25, 0.3) is 6.54 Å². The Hall–Kier alpha value is -9.52. The number of furan rings is 4. The van der Waals surface area contributed by atoms with E-state index in [1.807, 2.05) is 233 Å². The van der Waals surface area contributed by atoms with E-state index in [4.69, 9.17) is 68.4 Å². The van der Waals surface area contributed by atoms with E-state index in [1.165, 1.54) is 19.0 Å². The molecule has 0 spiro atoms. The van der Waals surface area contributed by atoms with Crippen molar-refractivity contribution < 1.29 is 27.3 Å². The number of anilines is 3. The Labute approximate surface area is 603 Å². The Morgan fingerprint density at radius 3 is 1.32 bits per heavy atom. The van der Waals surface area contributed by atoms with Gasteiger partial charge in [-0.1, -0.05) is 248 Å². The second kappa shape index (κ2) is 53.8. The summed E-state index contributed by atoms with van der Waals surface area (Å²) in [6, 6.07) is 55.3. The Kier molecular flexibility index (Phi) is 49.6. The standard InChI is InChI=1S/C12H6BrClN2O.C12H8BrN3O.C12H9N3O.C11H8N2O.C8H7BrO.C3H2N2.5C2H6.CH3NO.BHNS.ClH/c2*13-9-8-11(14)15-6-16-12(8)17-10(9)7-4-2-1-3-5-7;13-11-9-6-10(8-4-2-1-3-5-8)16-12(9)15-7-14-11;12-7-9-6-10(14-11(9)13)8-4-2-1-3-5-8;9-6-8(10)7-4-2-1-3-5-7;1-5-3-2-4;5*1-2;2-1-3;1-2-3;/h1-6H;1-6H,(H2,14,15,16);1-7H,(H2,13,14,15);1-6H,13H2;1-5H,6H2;3H2;5*1-2H3;1H,(H2,2,3);3H;1H. The van der Waals surface area contributed by atoms with Gasteiger partial charge in [0, 0.05) is 33.9 Å². The number of nitriles is 2. The molecule has 0 fully saturated rings. The van der Waals surface area contributed by atoms with E-state index in [9.17, 15) is 4.79 Å². The average Bonchev–Trinajstić information content (AvgIpc) is 1.66. The summed E-state index contributed by atoms with van der Waals surface area (Å²) >= 11 is 19.3. The second-order valence-electron chi connectivity index (χ2n) is 16.0. The number of hydrogen-bond acceptors (Lipinski definition) is 19. The number of hydrogen-bond donors (Lipinski definition) is 5. The summed E-state index contributed by atoms with van der Waals surface area (Å²) in [7, 11) is 4.34. The first kappa shape index (κ1) is 88.5. The number of aromatic nitrogens is 6. The zero-order valence-electron chi connectivity index (χ0n) is 54.5. The summed E-state index contributed by atoms with van der Waals surface area (Å²) in [6.45, 7) is 26.0. The predicted octanol–water partition coefficient (Wildman–Crippen LogP) is 19.9. The fraction of sp³-hybridized carbons (Fsp3) is 0.174. The van der Waals surface area contributed by atoms with E-state index in [2.05, 4.69) is 113 Å². The molecular weight excluding hydrogens is 1470 g/mol. The van der Waals surface area contributed by atoms with Crippen molar-refractivity contribution in [1.29, 1.82) is 10.5 Å². The summed E-state index contributed by atoms with van der Waals surface area (Å²) in [4.78, 5) is 46.3. The van der Waals surface area contributed by atoms with Crippen molar-refractivity contribution in [3.8, 4) is 57.4 Å². The van der Waals surface area contributed by atoms with Crippen LogP contribution in [0.3, 0.4) is 0 Å². The van der Waals surface area contributed by atoms with Crippen molar-refractivity contribution in [2.45, 2.75) is 69.2 Å². The number of thiol groups is 1. The second-order valence-corrected chi connectivity index (χ2v) is 18.7. The summed E-state index contributed by atoms with van der Waals surface area (Å²) in [5.41, 5.74) is 27.7. The van der Waals surface area contributed by atoms with Crippen LogP contribution in [0.1, 0.15) is 85.2 Å². The van der Waals surface area contributed by atoms with E-state index in [-0.39, 0.29) is 37.0 Å². The summed E-state index contributed by atoms with van der Waals surface area (Å²) in [5, 5.41) is 19.2. The van der Waals surface area contributed by atoms with Gasteiger partial charge in [-0.2, -0.15) is 10.5 Å². The van der Waals surface area contributed by atoms with Crippen LogP contribution in [0.5, 0.6) is 0 Å². The quantitative estimate of drug-likeness (QED) is 0.0151. The maximum Gasteiger partial charge on any atom is 0.298 e. The molecule has 12 aromatic rings. The molecule has 0 atom stereocenters. The Morgan fingerprint density at radius 1 is 0.604 bits per heavy atom. The van der Waals surface area contributed by atoms with Crippen LogP contribution >= 0.6 is 84.6 Å². The number of nitrogens with zero attached hydrogens (tertiary/aromatic N) is 10. The van der Waals surface area contributed by atoms with Gasteiger partial charge in [-0.25, -0.2) is 36.5 Å². The molecule has 0 saturated carbocycles. The molecule has 0 bridgehead atoms. The molecule has 12 rings (SSSR count). The number of benzene rings is 5. The number of halogens is 5. The number of amides is 1. The molecule has 7 heterocycles. The smallest absolute Gasteiger partial charge is 0.298 e. The predicted molar refractivity (Wildman–Crippen MR) is 407 cm³/mol. The summed E-state index contributed by atoms with van der Waals surface area (Å²) < 4.78 is 26.5. The minimum Gasteiger partial charge on any atom is -0.301 e. The Morgan fingerprint density at radius 2 is 0.969 bits per heavy atom. The molecule has 0 unspecified atom stereocenters. The first-order valence-corrected chi connectivity index (χ1v) is 32.6. The van der Waals surface area contributed by atoms with Gasteiger partial charge in [0.15, 0.2) is 17.3 Å². The maximum absolute atomic E-state index is 11.0. The van der Waals surface area contributed by atoms with Gasteiger partial charge in [0.2, 0.25) is 29.4 Å². The number of nitrogen functional groups attached to an aromatic ring is 3. The molecule has 0 aliphatic heterocycles. The molecule has 0 saturated heterocycles. The Bertz CT molecular complexity index is 4080. The molecule has 8 N–H and O–H groups in total. The van der Waals surface area contributed by atoms with E-state index in [0.717, 1.165) is 47.9 Å². The van der Waals surface area contributed by atoms with Crippen molar-refractivity contribution in [1.82, 2.24) is 29.9 Å². The molecule has 7 aromatic heterocycles. The molecule has 27 heteroatoms. The molecule has 501 valence electrons. The van der Waals surface area contributed by atoms with Crippen LogP contribution < -0.4 is 22.9 Å². The molecule has 5 aromatic carbocycles. The van der Waals surface area contributed by atoms with E-state index < -0.39 is 0 Å². The van der Waals surface area contributed by atoms with Crippen molar-refractivity contribution in [2.24, 2.45) is 10.0 Å². The first-order valence-electron chi connectivity index (χ1n) is 29.1. The number of nitrogens with two attached hydrogens (primary N) is 4. The SMILES string of the molecule is CC.CC.CC.CC.CC.Cl.Clc1ncnc2oc(-c3ccccc3)c(Br)c12.N#Cc1cc(-c2ccccc2)oc1N.NC=O.Nc1ncnc2oc(-c3ccccc3)c(Br)c12.Nc1ncnc2oc(-c3ccccc3)cc12.O=C(CBr)c1ccccc1.[B]=NS.[C-]#[N+]CC#N. The van der Waals surface area contributed by atoms with Crippen LogP contribution in [0.15, 0.2) is 214 Å². The third-order valence-corrected chi connectivity index (χ3v) is 12.9. The van der Waals surface area contributed by atoms with Crippen LogP contribution in [0.25, 0.3) is 83.4 Å². The number of rotatable bonds is 6. The molecule has 0 aliphatic rings. The van der Waals surface area contributed by atoms with Crippen molar-refractivity contribution in [2.75, 3.05) is 29.1 Å². The van der Waals surface area contributed by atoms with Gasteiger partial charge >= 0.3 is 24.8 Å². The van der Waals surface area contributed by atoms with Gasteiger partial charge in [0.1, 0.15) is 65.0 Å². The number of Topliss-reactive ketones (excluding diaryl/α,β-unsaturated/α-hetero) is 1. The third kappa shape index (κ3) is 29.0. The van der Waals surface area contributed by atoms with Gasteiger partial charge in [-0.15, -0.1) is 12.4 Å². The van der Waals surface area contributed by atoms with Crippen molar-refractivity contribution in [3.05, 3.63) is 219 Å². The van der Waals surface area contributed by atoms with Gasteiger partial charge in [0.05, 0.1) is 30.4 Å². The zero-order valence-corrected chi connectivity index (χ0v) is 61.7. The Balaban J connectivity index is 0. The van der Waals surface area contributed by atoms with Crippen LogP contribution in [0.2, 0.25) is 5.15 Å². The zero-order chi connectivity index (χ0) is 71.5. The minimum absolute atomic E-state index is 0. The van der Waals surface area contributed by atoms with E-state index in [1.54, 1.807) is 12.1 Å². The van der Waals surface area contributed by atoms with Gasteiger partial charge < -0.3 is 45.4 Å².